The van der Waals surface area contributed by atoms with Gasteiger partial charge in [0.25, 0.3) is 5.91 Å². The molecule has 3 rings (SSSR count). The Bertz CT molecular complexity index is 814. The average molecular weight is 466 g/mol. The van der Waals surface area contributed by atoms with Crippen molar-refractivity contribution in [1.82, 2.24) is 10.2 Å². The van der Waals surface area contributed by atoms with E-state index in [0.29, 0.717) is 43.1 Å². The monoisotopic (exact) mass is 465 g/mol. The highest BCUT2D eigenvalue weighted by atomic mass is 35.5. The number of ether oxygens (including phenoxy) is 1. The van der Waals surface area contributed by atoms with E-state index in [1.165, 1.54) is 12.1 Å². The minimum atomic E-state index is -4.38. The Labute approximate surface area is 185 Å². The van der Waals surface area contributed by atoms with Gasteiger partial charge in [0.2, 0.25) is 0 Å². The third-order valence-corrected chi connectivity index (χ3v) is 4.77. The van der Waals surface area contributed by atoms with Gasteiger partial charge in [-0.1, -0.05) is 24.3 Å². The fourth-order valence-corrected chi connectivity index (χ4v) is 3.23. The second-order valence-electron chi connectivity index (χ2n) is 6.58. The predicted octanol–water partition coefficient (Wildman–Crippen LogP) is 3.93. The van der Waals surface area contributed by atoms with Crippen LogP contribution in [0.1, 0.15) is 27.5 Å². The number of morpholine rings is 1. The lowest BCUT2D eigenvalue weighted by Gasteiger charge is -2.35. The number of hydrogen-bond donors (Lipinski definition) is 2. The van der Waals surface area contributed by atoms with E-state index in [4.69, 9.17) is 10.5 Å². The van der Waals surface area contributed by atoms with Crippen molar-refractivity contribution in [2.24, 2.45) is 0 Å². The van der Waals surface area contributed by atoms with Gasteiger partial charge in [-0.3, -0.25) is 9.69 Å². The fourth-order valence-electron chi connectivity index (χ4n) is 3.23. The van der Waals surface area contributed by atoms with Crippen molar-refractivity contribution in [3.63, 3.8) is 0 Å². The minimum Gasteiger partial charge on any atom is -0.398 e. The van der Waals surface area contributed by atoms with Crippen LogP contribution in [0.4, 0.5) is 18.9 Å². The summed E-state index contributed by atoms with van der Waals surface area (Å²) in [6.07, 6.45) is -4.38. The lowest BCUT2D eigenvalue weighted by atomic mass is 10.0. The summed E-state index contributed by atoms with van der Waals surface area (Å²) < 4.78 is 43.9. The number of nitrogen functional groups attached to an aromatic ring is 1. The number of alkyl halides is 3. The van der Waals surface area contributed by atoms with Crippen LogP contribution in [0.5, 0.6) is 0 Å². The Hall–Kier alpha value is -2.00. The summed E-state index contributed by atoms with van der Waals surface area (Å²) in [7, 11) is 0. The van der Waals surface area contributed by atoms with Gasteiger partial charge < -0.3 is 15.8 Å². The number of para-hydroxylation sites is 1. The van der Waals surface area contributed by atoms with Crippen molar-refractivity contribution in [2.45, 2.75) is 12.2 Å². The minimum absolute atomic E-state index is 0. The van der Waals surface area contributed by atoms with Crippen LogP contribution in [-0.4, -0.2) is 43.7 Å². The topological polar surface area (TPSA) is 67.6 Å². The molecule has 10 heteroatoms. The van der Waals surface area contributed by atoms with Crippen molar-refractivity contribution >= 4 is 36.4 Å². The van der Waals surface area contributed by atoms with Crippen LogP contribution in [0.15, 0.2) is 48.5 Å². The summed E-state index contributed by atoms with van der Waals surface area (Å²) in [5.74, 6) is -0.316. The summed E-state index contributed by atoms with van der Waals surface area (Å²) in [6, 6.07) is 11.5. The number of carbonyl (C=O) groups excluding carboxylic acids is 1. The largest absolute Gasteiger partial charge is 0.416 e. The van der Waals surface area contributed by atoms with E-state index < -0.39 is 11.7 Å². The lowest BCUT2D eigenvalue weighted by Crippen LogP contribution is -2.43. The molecule has 1 aliphatic rings. The van der Waals surface area contributed by atoms with Crippen molar-refractivity contribution in [1.29, 1.82) is 0 Å². The highest BCUT2D eigenvalue weighted by Crippen LogP contribution is 2.31. The van der Waals surface area contributed by atoms with Crippen LogP contribution < -0.4 is 11.1 Å². The molecular formula is C20H24Cl2F3N3O2. The quantitative estimate of drug-likeness (QED) is 0.656. The molecule has 1 fully saturated rings. The van der Waals surface area contributed by atoms with Gasteiger partial charge in [-0.25, -0.2) is 0 Å². The first-order valence-corrected chi connectivity index (χ1v) is 8.98. The third kappa shape index (κ3) is 6.50. The number of anilines is 1. The number of halogens is 5. The molecule has 0 aromatic heterocycles. The summed E-state index contributed by atoms with van der Waals surface area (Å²) in [5.41, 5.74) is 6.60. The Morgan fingerprint density at radius 2 is 1.67 bits per heavy atom. The van der Waals surface area contributed by atoms with Crippen molar-refractivity contribution < 1.29 is 22.7 Å². The maximum absolute atomic E-state index is 12.9. The van der Waals surface area contributed by atoms with Gasteiger partial charge in [-0.05, 0) is 29.8 Å². The number of benzene rings is 2. The lowest BCUT2D eigenvalue weighted by molar-refractivity contribution is -0.137. The van der Waals surface area contributed by atoms with Crippen LogP contribution in [0, 0.1) is 0 Å². The van der Waals surface area contributed by atoms with Gasteiger partial charge >= 0.3 is 6.18 Å². The molecular weight excluding hydrogens is 442 g/mol. The zero-order valence-corrected chi connectivity index (χ0v) is 17.7. The van der Waals surface area contributed by atoms with Crippen LogP contribution in [0.2, 0.25) is 0 Å². The van der Waals surface area contributed by atoms with Crippen LogP contribution in [-0.2, 0) is 10.9 Å². The Kier molecular flexibility index (Phi) is 9.90. The first kappa shape index (κ1) is 26.0. The molecule has 3 N–H and O–H groups in total. The third-order valence-electron chi connectivity index (χ3n) is 4.77. The zero-order valence-electron chi connectivity index (χ0n) is 16.0. The predicted molar refractivity (Wildman–Crippen MR) is 114 cm³/mol. The summed E-state index contributed by atoms with van der Waals surface area (Å²) >= 11 is 0. The zero-order chi connectivity index (χ0) is 20.1. The molecule has 0 saturated carbocycles. The molecule has 1 atom stereocenters. The number of nitrogens with zero attached hydrogens (tertiary/aromatic N) is 1. The molecule has 1 aliphatic heterocycles. The molecule has 0 bridgehead atoms. The average Bonchev–Trinajstić information content (AvgIpc) is 2.69. The van der Waals surface area contributed by atoms with Gasteiger partial charge in [0.1, 0.15) is 0 Å². The smallest absolute Gasteiger partial charge is 0.398 e. The van der Waals surface area contributed by atoms with Crippen molar-refractivity contribution in [3.8, 4) is 0 Å². The number of rotatable bonds is 5. The molecule has 0 spiro atoms. The first-order chi connectivity index (χ1) is 13.4. The van der Waals surface area contributed by atoms with Gasteiger partial charge in [0.15, 0.2) is 0 Å². The molecule has 30 heavy (non-hydrogen) atoms. The van der Waals surface area contributed by atoms with E-state index in [1.807, 2.05) is 0 Å². The fraction of sp³-hybridized carbons (Fsp3) is 0.350. The van der Waals surface area contributed by atoms with Gasteiger partial charge in [-0.15, -0.1) is 24.8 Å². The Morgan fingerprint density at radius 3 is 2.23 bits per heavy atom. The highest BCUT2D eigenvalue weighted by molar-refractivity contribution is 5.99. The number of nitrogens with two attached hydrogens (primary N) is 1. The summed E-state index contributed by atoms with van der Waals surface area (Å²) in [5, 5.41) is 2.86. The molecule has 1 amide bonds. The number of amides is 1. The molecule has 0 aliphatic carbocycles. The second-order valence-corrected chi connectivity index (χ2v) is 6.58. The number of nitrogens with one attached hydrogen (secondary N) is 1. The molecule has 166 valence electrons. The van der Waals surface area contributed by atoms with E-state index in [9.17, 15) is 18.0 Å². The molecule has 5 nitrogen and oxygen atoms in total. The molecule has 1 unspecified atom stereocenters. The summed E-state index contributed by atoms with van der Waals surface area (Å²) in [4.78, 5) is 14.6. The molecule has 1 saturated heterocycles. The maximum atomic E-state index is 12.9. The first-order valence-electron chi connectivity index (χ1n) is 8.98. The molecule has 0 radical (unpaired) electrons. The normalized spacial score (nSPS) is 15.4. The standard InChI is InChI=1S/C20H22F3N3O2.2ClH/c21-20(22,23)15-7-5-14(6-8-15)18(26-9-11-28-12-10-26)13-25-19(27)16-3-1-2-4-17(16)24;;/h1-8,18H,9-13,24H2,(H,25,27);2*1H. The van der Waals surface area contributed by atoms with Crippen molar-refractivity contribution in [2.75, 3.05) is 38.6 Å². The van der Waals surface area contributed by atoms with E-state index >= 15 is 0 Å². The second kappa shape index (κ2) is 11.4. The van der Waals surface area contributed by atoms with Crippen molar-refractivity contribution in [3.05, 3.63) is 65.2 Å². The van der Waals surface area contributed by atoms with Gasteiger partial charge in [0, 0.05) is 25.3 Å². The van der Waals surface area contributed by atoms with E-state index in [-0.39, 0.29) is 43.3 Å². The van der Waals surface area contributed by atoms with Crippen LogP contribution in [0.3, 0.4) is 0 Å². The Morgan fingerprint density at radius 1 is 1.07 bits per heavy atom. The van der Waals surface area contributed by atoms with E-state index in [0.717, 1.165) is 12.1 Å². The maximum Gasteiger partial charge on any atom is 0.416 e. The summed E-state index contributed by atoms with van der Waals surface area (Å²) in [6.45, 7) is 2.59. The van der Waals surface area contributed by atoms with E-state index in [2.05, 4.69) is 10.2 Å². The van der Waals surface area contributed by atoms with Crippen LogP contribution >= 0.6 is 24.8 Å². The molecule has 2 aromatic carbocycles. The van der Waals surface area contributed by atoms with Crippen LogP contribution in [0.25, 0.3) is 0 Å². The van der Waals surface area contributed by atoms with Gasteiger partial charge in [0.05, 0.1) is 30.4 Å². The molecule has 1 heterocycles. The highest BCUT2D eigenvalue weighted by Gasteiger charge is 2.31. The van der Waals surface area contributed by atoms with Gasteiger partial charge in [-0.2, -0.15) is 13.2 Å². The SMILES string of the molecule is Cl.Cl.Nc1ccccc1C(=O)NCC(c1ccc(C(F)(F)F)cc1)N1CCOCC1. The Balaban J connectivity index is 0.00000225. The number of hydrogen-bond acceptors (Lipinski definition) is 4. The van der Waals surface area contributed by atoms with E-state index in [1.54, 1.807) is 24.3 Å². The molecule has 2 aromatic rings. The number of carbonyl (C=O) groups is 1.